The molecule has 320 valence electrons. The summed E-state index contributed by atoms with van der Waals surface area (Å²) in [7, 11) is 0. The smallest absolute Gasteiger partial charge is 0.753 e. The average Bonchev–Trinajstić information content (AvgIpc) is 3.24. The summed E-state index contributed by atoms with van der Waals surface area (Å²) in [5.74, 6) is 0.684. The van der Waals surface area contributed by atoms with E-state index in [1.54, 1.807) is 85.3 Å². The van der Waals surface area contributed by atoms with E-state index in [1.807, 2.05) is 0 Å². The topological polar surface area (TPSA) is 200 Å². The summed E-state index contributed by atoms with van der Waals surface area (Å²) in [6.45, 7) is 5.33. The first-order valence-electron chi connectivity index (χ1n) is 18.2. The largest absolute Gasteiger partial charge is 2.00 e. The molecule has 0 fully saturated rings. The number of aromatic nitrogens is 4. The van der Waals surface area contributed by atoms with Crippen molar-refractivity contribution in [1.82, 2.24) is 19.9 Å². The van der Waals surface area contributed by atoms with Crippen LogP contribution in [0, 0.1) is 11.3 Å². The molecule has 0 bridgehead atoms. The molecule has 4 rings (SSSR count). The maximum absolute atomic E-state index is 12.3. The van der Waals surface area contributed by atoms with Crippen LogP contribution in [0.15, 0.2) is 92.0 Å². The van der Waals surface area contributed by atoms with Gasteiger partial charge in [-0.05, 0) is 108 Å². The van der Waals surface area contributed by atoms with E-state index in [0.29, 0.717) is 59.7 Å². The molecule has 0 radical (unpaired) electrons. The monoisotopic (exact) mass is 943 g/mol. The molecule has 0 saturated heterocycles. The Hall–Kier alpha value is -6.35. The molecule has 0 aliphatic rings. The zero-order valence-electron chi connectivity index (χ0n) is 33.0. The minimum atomic E-state index is -4.74. The number of alkyl halides is 3. The normalized spacial score (nSPS) is 11.5. The summed E-state index contributed by atoms with van der Waals surface area (Å²) in [6, 6.07) is 13.9. The number of thiocarbonyl (C=S) groups is 1. The number of nitrogens with one attached hydrogen (secondary N) is 2. The first kappa shape index (κ1) is 52.7. The van der Waals surface area contributed by atoms with Crippen molar-refractivity contribution in [3.8, 4) is 22.8 Å². The summed E-state index contributed by atoms with van der Waals surface area (Å²) in [6.07, 6.45) is 15.9. The number of hydrogen-bond donors (Lipinski definition) is 1. The SMILES string of the molecule is CCCCC(CC)CCc1ccc(/C([NH-])=C/C(=N)C(F)(F)F)nc1.O=CO/C=C/c1ccnc(-c2cc(/C=C/OC=O)cc(-c3cc(/C=C/OC=O)ccn3)n2)c1.[N-]=C=S.[Ru+2]. The van der Waals surface area contributed by atoms with Gasteiger partial charge in [0.15, 0.2) is 0 Å². The molecule has 0 amide bonds. The molecule has 0 saturated carbocycles. The third-order valence-electron chi connectivity index (χ3n) is 8.20. The Morgan fingerprint density at radius 1 is 0.820 bits per heavy atom. The van der Waals surface area contributed by atoms with Gasteiger partial charge in [0.25, 0.3) is 19.4 Å². The third kappa shape index (κ3) is 20.5. The summed E-state index contributed by atoms with van der Waals surface area (Å²) < 4.78 is 50.8. The van der Waals surface area contributed by atoms with E-state index >= 15 is 0 Å². The van der Waals surface area contributed by atoms with Crippen molar-refractivity contribution in [1.29, 1.82) is 5.41 Å². The van der Waals surface area contributed by atoms with Crippen molar-refractivity contribution < 1.29 is 61.2 Å². The fraction of sp³-hybridized carbons (Fsp3) is 0.233. The number of carbonyl (C=O) groups excluding carboxylic acids is 3. The van der Waals surface area contributed by atoms with Crippen LogP contribution >= 0.6 is 12.2 Å². The fourth-order valence-corrected chi connectivity index (χ4v) is 5.19. The van der Waals surface area contributed by atoms with Crippen molar-refractivity contribution in [2.24, 2.45) is 5.92 Å². The first-order chi connectivity index (χ1) is 28.9. The number of aryl methyl sites for hydroxylation is 1. The van der Waals surface area contributed by atoms with Gasteiger partial charge in [0.2, 0.25) is 0 Å². The number of unbranched alkanes of at least 4 members (excludes halogenated alkanes) is 1. The molecule has 18 heteroatoms. The predicted octanol–water partition coefficient (Wildman–Crippen LogP) is 10.5. The Kier molecular flexibility index (Phi) is 25.7. The minimum absolute atomic E-state index is 0. The number of nitrogens with zero attached hydrogens (tertiary/aromatic N) is 5. The van der Waals surface area contributed by atoms with E-state index in [4.69, 9.17) is 16.6 Å². The Balaban J connectivity index is 0.000000590. The Labute approximate surface area is 369 Å². The van der Waals surface area contributed by atoms with Gasteiger partial charge in [-0.15, -0.1) is 5.70 Å². The van der Waals surface area contributed by atoms with Gasteiger partial charge < -0.3 is 25.4 Å². The Bertz CT molecular complexity index is 2080. The van der Waals surface area contributed by atoms with Gasteiger partial charge in [-0.2, -0.15) is 18.3 Å². The number of carbonyl (C=O) groups is 3. The molecule has 0 aromatic carbocycles. The van der Waals surface area contributed by atoms with Crippen molar-refractivity contribution in [2.75, 3.05) is 0 Å². The molecule has 0 spiro atoms. The standard InChI is InChI=1S/C24H17N3O6.C18H25F3N3.CNS.Ru/c28-15-31-8-3-18-1-6-25-21(11-18)23-13-20(5-10-33-17-30)14-24(27-23)22-12-19(2-7-26-22)4-9-32-16-29;1-3-5-6-13(4-2)7-8-14-9-10-16(24-12-14)15(22)11-17(23)18(19,20)21;2-1-3;/h1-17H;9-13,22-23H,3-8H2,1-2H3;;/q;2*-1;+2/b8-3+,9-4+,10-5+;15-11-,23-17?;;. The molecule has 1 unspecified atom stereocenters. The molecule has 61 heavy (non-hydrogen) atoms. The van der Waals surface area contributed by atoms with E-state index < -0.39 is 17.6 Å². The van der Waals surface area contributed by atoms with E-state index in [2.05, 4.69) is 60.2 Å². The van der Waals surface area contributed by atoms with E-state index in [9.17, 15) is 27.6 Å². The summed E-state index contributed by atoms with van der Waals surface area (Å²) in [5.41, 5.74) is 11.2. The molecule has 0 aliphatic carbocycles. The van der Waals surface area contributed by atoms with Gasteiger partial charge in [0, 0.05) is 24.3 Å². The molecule has 0 aliphatic heterocycles. The maximum atomic E-state index is 12.3. The van der Waals surface area contributed by atoms with Crippen LogP contribution in [-0.4, -0.2) is 56.4 Å². The van der Waals surface area contributed by atoms with Crippen molar-refractivity contribution in [3.63, 3.8) is 0 Å². The quantitative estimate of drug-likeness (QED) is 0.0221. The van der Waals surface area contributed by atoms with Crippen LogP contribution in [0.2, 0.25) is 0 Å². The second kappa shape index (κ2) is 29.8. The molecule has 13 nitrogen and oxygen atoms in total. The molecule has 4 heterocycles. The zero-order chi connectivity index (χ0) is 44.2. The van der Waals surface area contributed by atoms with Gasteiger partial charge in [0.05, 0.1) is 41.6 Å². The zero-order valence-corrected chi connectivity index (χ0v) is 35.6. The second-order valence-corrected chi connectivity index (χ2v) is 12.5. The van der Waals surface area contributed by atoms with Crippen molar-refractivity contribution in [3.05, 3.63) is 131 Å². The number of rotatable bonds is 20. The van der Waals surface area contributed by atoms with Crippen LogP contribution in [0.1, 0.15) is 73.9 Å². The van der Waals surface area contributed by atoms with Crippen LogP contribution in [0.5, 0.6) is 0 Å². The number of isothiocyanates is 1. The maximum Gasteiger partial charge on any atom is 2.00 e. The average molecular weight is 943 g/mol. The molecule has 1 atom stereocenters. The van der Waals surface area contributed by atoms with Gasteiger partial charge in [-0.1, -0.05) is 57.8 Å². The van der Waals surface area contributed by atoms with Crippen LogP contribution in [-0.2, 0) is 54.5 Å². The van der Waals surface area contributed by atoms with Crippen molar-refractivity contribution >= 4 is 66.4 Å². The van der Waals surface area contributed by atoms with E-state index in [-0.39, 0.29) is 25.2 Å². The molecule has 4 aromatic heterocycles. The summed E-state index contributed by atoms with van der Waals surface area (Å²) in [4.78, 5) is 48.6. The molecule has 2 N–H and O–H groups in total. The predicted molar refractivity (Wildman–Crippen MR) is 227 cm³/mol. The third-order valence-corrected chi connectivity index (χ3v) is 8.20. The van der Waals surface area contributed by atoms with Gasteiger partial charge >= 0.3 is 25.7 Å². The molecule has 4 aromatic rings. The van der Waals surface area contributed by atoms with Gasteiger partial charge in [-0.25, -0.2) is 4.98 Å². The Morgan fingerprint density at radius 2 is 1.31 bits per heavy atom. The second-order valence-electron chi connectivity index (χ2n) is 12.3. The fourth-order valence-electron chi connectivity index (χ4n) is 5.19. The number of ether oxygens (including phenoxy) is 3. The number of hydrogen-bond acceptors (Lipinski definition) is 12. The number of pyridine rings is 4. The molecular weight excluding hydrogens is 901 g/mol. The number of halogens is 3. The molecular formula is C43H42F3N7O6RuS. The van der Waals surface area contributed by atoms with Crippen LogP contribution in [0.25, 0.3) is 57.8 Å². The van der Waals surface area contributed by atoms with Crippen LogP contribution in [0.4, 0.5) is 13.2 Å². The minimum Gasteiger partial charge on any atom is -0.753 e. The summed E-state index contributed by atoms with van der Waals surface area (Å²) >= 11 is 3.70. The van der Waals surface area contributed by atoms with Gasteiger partial charge in [0.1, 0.15) is 5.71 Å². The van der Waals surface area contributed by atoms with E-state index in [1.165, 1.54) is 43.2 Å². The summed E-state index contributed by atoms with van der Waals surface area (Å²) in [5, 5.41) is 15.4. The van der Waals surface area contributed by atoms with Gasteiger partial charge in [-0.3, -0.25) is 34.7 Å². The van der Waals surface area contributed by atoms with E-state index in [0.717, 1.165) is 36.0 Å². The van der Waals surface area contributed by atoms with Crippen LogP contribution in [0.3, 0.4) is 0 Å². The number of allylic oxidation sites excluding steroid dienone is 1. The first-order valence-corrected chi connectivity index (χ1v) is 18.6. The van der Waals surface area contributed by atoms with Crippen LogP contribution < -0.4 is 0 Å². The van der Waals surface area contributed by atoms with Crippen molar-refractivity contribution in [2.45, 2.75) is 58.5 Å². The Morgan fingerprint density at radius 3 is 1.74 bits per heavy atom.